The summed E-state index contributed by atoms with van der Waals surface area (Å²) in [5, 5.41) is 1.13. The normalized spacial score (nSPS) is 14.0. The molecule has 148 valence electrons. The molecule has 1 atom stereocenters. The Labute approximate surface area is 176 Å². The van der Waals surface area contributed by atoms with Crippen LogP contribution < -0.4 is 0 Å². The van der Waals surface area contributed by atoms with Gasteiger partial charge in [-0.05, 0) is 51.8 Å². The van der Waals surface area contributed by atoms with Crippen molar-refractivity contribution < 1.29 is 4.79 Å². The molecule has 4 nitrogen and oxygen atoms in total. The Morgan fingerprint density at radius 2 is 1.86 bits per heavy atom. The summed E-state index contributed by atoms with van der Waals surface area (Å²) in [5.41, 5.74) is 3.57. The molecule has 0 fully saturated rings. The summed E-state index contributed by atoms with van der Waals surface area (Å²) in [6.07, 6.45) is 0.955. The number of carbonyl (C=O) groups is 1. The number of thioether (sulfide) groups is 1. The standard InChI is InChI=1S/C19H17ClN2OS.C3H9N/c1-3-22-13(2)16-11-15(20)9-10-17(16)21-19(22)24-18(12-23)14-7-5-4-6-8-14;1-4(2)3/h4-12,18H,2-3H2,1H3;1-3H3. The lowest BCUT2D eigenvalue weighted by Gasteiger charge is -2.31. The van der Waals surface area contributed by atoms with Gasteiger partial charge >= 0.3 is 0 Å². The second-order valence-corrected chi connectivity index (χ2v) is 8.22. The summed E-state index contributed by atoms with van der Waals surface area (Å²) in [7, 11) is 6.00. The van der Waals surface area contributed by atoms with Crippen molar-refractivity contribution in [1.29, 1.82) is 0 Å². The molecule has 3 rings (SSSR count). The molecule has 0 spiro atoms. The van der Waals surface area contributed by atoms with Crippen LogP contribution in [0.2, 0.25) is 5.02 Å². The molecule has 0 bridgehead atoms. The number of amidine groups is 1. The molecule has 28 heavy (non-hydrogen) atoms. The Morgan fingerprint density at radius 3 is 2.43 bits per heavy atom. The Kier molecular flexibility index (Phi) is 8.30. The number of aliphatic imine (C=N–C) groups is 1. The van der Waals surface area contributed by atoms with Crippen LogP contribution in [-0.2, 0) is 4.79 Å². The molecule has 0 N–H and O–H groups in total. The van der Waals surface area contributed by atoms with E-state index in [0.717, 1.165) is 40.5 Å². The second kappa shape index (κ2) is 10.5. The predicted octanol–water partition coefficient (Wildman–Crippen LogP) is 5.48. The zero-order valence-electron chi connectivity index (χ0n) is 16.7. The third kappa shape index (κ3) is 5.71. The third-order valence-electron chi connectivity index (χ3n) is 3.84. The summed E-state index contributed by atoms with van der Waals surface area (Å²) in [5.74, 6) is 0. The van der Waals surface area contributed by atoms with Gasteiger partial charge in [-0.2, -0.15) is 0 Å². The molecule has 6 heteroatoms. The molecule has 1 aliphatic heterocycles. The largest absolute Gasteiger partial charge is 0.321 e. The van der Waals surface area contributed by atoms with Crippen LogP contribution in [0.3, 0.4) is 0 Å². The number of hydrogen-bond donors (Lipinski definition) is 0. The third-order valence-corrected chi connectivity index (χ3v) is 5.24. The van der Waals surface area contributed by atoms with Crippen molar-refractivity contribution in [3.8, 4) is 0 Å². The first-order chi connectivity index (χ1) is 13.4. The molecule has 2 aromatic carbocycles. The summed E-state index contributed by atoms with van der Waals surface area (Å²) < 4.78 is 0. The van der Waals surface area contributed by atoms with Gasteiger partial charge in [0.1, 0.15) is 6.29 Å². The molecular weight excluding hydrogens is 390 g/mol. The van der Waals surface area contributed by atoms with Gasteiger partial charge in [0.05, 0.1) is 10.9 Å². The van der Waals surface area contributed by atoms with Crippen LogP contribution in [0.5, 0.6) is 0 Å². The van der Waals surface area contributed by atoms with Gasteiger partial charge in [-0.1, -0.05) is 60.3 Å². The molecule has 0 aromatic heterocycles. The average Bonchev–Trinajstić information content (AvgIpc) is 2.67. The predicted molar refractivity (Wildman–Crippen MR) is 122 cm³/mol. The van der Waals surface area contributed by atoms with Crippen molar-refractivity contribution in [1.82, 2.24) is 9.80 Å². The van der Waals surface area contributed by atoms with Crippen molar-refractivity contribution in [3.63, 3.8) is 0 Å². The molecule has 0 aliphatic carbocycles. The lowest BCUT2D eigenvalue weighted by Crippen LogP contribution is -2.29. The lowest BCUT2D eigenvalue weighted by atomic mass is 10.1. The van der Waals surface area contributed by atoms with Gasteiger partial charge in [0, 0.05) is 22.8 Å². The van der Waals surface area contributed by atoms with E-state index in [4.69, 9.17) is 16.6 Å². The molecule has 0 amide bonds. The maximum atomic E-state index is 11.6. The Hall–Kier alpha value is -2.08. The smallest absolute Gasteiger partial charge is 0.169 e. The highest BCUT2D eigenvalue weighted by atomic mass is 35.5. The van der Waals surface area contributed by atoms with Crippen LogP contribution in [0, 0.1) is 0 Å². The summed E-state index contributed by atoms with van der Waals surface area (Å²) in [6, 6.07) is 15.3. The number of aldehydes is 1. The molecule has 0 saturated carbocycles. The fraction of sp³-hybridized carbons (Fsp3) is 0.273. The Balaban J connectivity index is 0.000000640. The second-order valence-electron chi connectivity index (χ2n) is 6.67. The highest BCUT2D eigenvalue weighted by Gasteiger charge is 2.26. The van der Waals surface area contributed by atoms with Crippen molar-refractivity contribution in [2.75, 3.05) is 27.7 Å². The van der Waals surface area contributed by atoms with E-state index in [1.165, 1.54) is 11.8 Å². The van der Waals surface area contributed by atoms with E-state index in [-0.39, 0.29) is 5.25 Å². The van der Waals surface area contributed by atoms with Gasteiger partial charge in [-0.3, -0.25) is 0 Å². The van der Waals surface area contributed by atoms with Crippen molar-refractivity contribution in [2.24, 2.45) is 4.99 Å². The topological polar surface area (TPSA) is 35.9 Å². The van der Waals surface area contributed by atoms with E-state index in [2.05, 4.69) is 6.58 Å². The molecule has 1 heterocycles. The Morgan fingerprint density at radius 1 is 1.21 bits per heavy atom. The molecule has 1 aliphatic rings. The fourth-order valence-corrected chi connectivity index (χ4v) is 3.87. The van der Waals surface area contributed by atoms with Crippen molar-refractivity contribution >= 4 is 46.2 Å². The highest BCUT2D eigenvalue weighted by Crippen LogP contribution is 2.40. The number of rotatable bonds is 4. The van der Waals surface area contributed by atoms with Gasteiger partial charge < -0.3 is 14.6 Å². The summed E-state index contributed by atoms with van der Waals surface area (Å²) >= 11 is 7.53. The minimum Gasteiger partial charge on any atom is -0.321 e. The van der Waals surface area contributed by atoms with Crippen LogP contribution >= 0.6 is 23.4 Å². The fourth-order valence-electron chi connectivity index (χ4n) is 2.61. The zero-order valence-corrected chi connectivity index (χ0v) is 18.3. The minimum absolute atomic E-state index is 0.305. The number of hydrogen-bond acceptors (Lipinski definition) is 5. The molecule has 0 saturated heterocycles. The van der Waals surface area contributed by atoms with Crippen LogP contribution in [0.25, 0.3) is 5.70 Å². The number of benzene rings is 2. The van der Waals surface area contributed by atoms with E-state index in [1.807, 2.05) is 86.4 Å². The molecule has 2 aromatic rings. The lowest BCUT2D eigenvalue weighted by molar-refractivity contribution is -0.107. The SMILES string of the molecule is C=C1c2cc(Cl)ccc2N=C(SC(C=O)c2ccccc2)N1CC.CN(C)C. The molecular formula is C22H26ClN3OS. The van der Waals surface area contributed by atoms with Crippen LogP contribution in [0.15, 0.2) is 60.1 Å². The number of nitrogens with zero attached hydrogens (tertiary/aromatic N) is 3. The van der Waals surface area contributed by atoms with E-state index < -0.39 is 0 Å². The molecule has 1 unspecified atom stereocenters. The zero-order chi connectivity index (χ0) is 20.7. The monoisotopic (exact) mass is 415 g/mol. The van der Waals surface area contributed by atoms with E-state index in [9.17, 15) is 4.79 Å². The molecule has 0 radical (unpaired) electrons. The van der Waals surface area contributed by atoms with E-state index in [1.54, 1.807) is 0 Å². The number of fused-ring (bicyclic) bond motifs is 1. The summed E-state index contributed by atoms with van der Waals surface area (Å²) in [6.45, 7) is 6.95. The van der Waals surface area contributed by atoms with Crippen LogP contribution in [0.1, 0.15) is 23.3 Å². The van der Waals surface area contributed by atoms with Gasteiger partial charge in [-0.15, -0.1) is 0 Å². The minimum atomic E-state index is -0.305. The van der Waals surface area contributed by atoms with Gasteiger partial charge in [0.2, 0.25) is 0 Å². The average molecular weight is 416 g/mol. The highest BCUT2D eigenvalue weighted by molar-refractivity contribution is 8.14. The first kappa shape index (κ1) is 22.2. The maximum absolute atomic E-state index is 11.6. The van der Waals surface area contributed by atoms with Crippen LogP contribution in [-0.4, -0.2) is 48.9 Å². The first-order valence-electron chi connectivity index (χ1n) is 9.00. The van der Waals surface area contributed by atoms with Gasteiger partial charge in [-0.25, -0.2) is 4.99 Å². The summed E-state index contributed by atoms with van der Waals surface area (Å²) in [4.78, 5) is 20.4. The van der Waals surface area contributed by atoms with Gasteiger partial charge in [0.25, 0.3) is 0 Å². The van der Waals surface area contributed by atoms with E-state index in [0.29, 0.717) is 5.02 Å². The van der Waals surface area contributed by atoms with Crippen LogP contribution in [0.4, 0.5) is 5.69 Å². The number of halogens is 1. The van der Waals surface area contributed by atoms with E-state index >= 15 is 0 Å². The maximum Gasteiger partial charge on any atom is 0.169 e. The first-order valence-corrected chi connectivity index (χ1v) is 10.3. The van der Waals surface area contributed by atoms with Crippen molar-refractivity contribution in [2.45, 2.75) is 12.2 Å². The number of carbonyl (C=O) groups excluding carboxylic acids is 1. The quantitative estimate of drug-likeness (QED) is 0.619. The van der Waals surface area contributed by atoms with Gasteiger partial charge in [0.15, 0.2) is 5.17 Å². The van der Waals surface area contributed by atoms with Crippen molar-refractivity contribution in [3.05, 3.63) is 71.3 Å². The Bertz CT molecular complexity index is 849.